The molecule has 4 amide bonds. The van der Waals surface area contributed by atoms with Crippen LogP contribution in [0.15, 0.2) is 67.0 Å². The van der Waals surface area contributed by atoms with Gasteiger partial charge in [0.25, 0.3) is 5.91 Å². The number of nitrogens with two attached hydrogens (primary N) is 1. The summed E-state index contributed by atoms with van der Waals surface area (Å²) in [5.74, 6) is -3.74. The molecule has 330 valence electrons. The lowest BCUT2D eigenvalue weighted by atomic mass is 9.80. The third-order valence-electron chi connectivity index (χ3n) is 11.8. The molecule has 2 fully saturated rings. The van der Waals surface area contributed by atoms with Gasteiger partial charge in [-0.3, -0.25) is 29.0 Å². The van der Waals surface area contributed by atoms with Gasteiger partial charge in [-0.2, -0.15) is 0 Å². The number of hydrogen-bond donors (Lipinski definition) is 4. The van der Waals surface area contributed by atoms with Crippen molar-refractivity contribution in [3.8, 4) is 0 Å². The molecule has 17 nitrogen and oxygen atoms in total. The second-order valence-corrected chi connectivity index (χ2v) is 16.9. The minimum atomic E-state index is -1.35. The summed E-state index contributed by atoms with van der Waals surface area (Å²) >= 11 is 0. The highest BCUT2D eigenvalue weighted by atomic mass is 16.5. The zero-order valence-corrected chi connectivity index (χ0v) is 35.4. The number of pyridine rings is 2. The van der Waals surface area contributed by atoms with Gasteiger partial charge in [-0.15, -0.1) is 5.10 Å². The fraction of sp³-hybridized carbons (Fsp3) is 0.511. The maximum absolute atomic E-state index is 14.9. The molecule has 4 aromatic rings. The number of benzene rings is 1. The van der Waals surface area contributed by atoms with Gasteiger partial charge in [0.1, 0.15) is 23.9 Å². The molecule has 4 heterocycles. The van der Waals surface area contributed by atoms with E-state index in [4.69, 9.17) is 10.5 Å². The van der Waals surface area contributed by atoms with Crippen LogP contribution in [0.3, 0.4) is 0 Å². The Morgan fingerprint density at radius 2 is 1.73 bits per heavy atom. The SMILES string of the molecule is CC(C)(O)c1cnnn1[C@H]1C[C@@H](C(=O)NC(CCCCNC(=O)OCc2ccccc2)C(=O)C(N)=O)N(C(=O)[C@H](CCC(=O)c2ccc3ncccc3n2)CC2CCCCC2)C1. The van der Waals surface area contributed by atoms with E-state index in [0.29, 0.717) is 36.0 Å². The van der Waals surface area contributed by atoms with E-state index in [2.05, 4.69) is 30.9 Å². The first-order valence-corrected chi connectivity index (χ1v) is 21.6. The van der Waals surface area contributed by atoms with Gasteiger partial charge in [0.05, 0.1) is 35.0 Å². The van der Waals surface area contributed by atoms with Gasteiger partial charge in [0.2, 0.25) is 17.6 Å². The zero-order valence-electron chi connectivity index (χ0n) is 35.4. The number of fused-ring (bicyclic) bond motifs is 1. The summed E-state index contributed by atoms with van der Waals surface area (Å²) < 4.78 is 6.77. The largest absolute Gasteiger partial charge is 0.445 e. The van der Waals surface area contributed by atoms with E-state index in [9.17, 15) is 33.9 Å². The van der Waals surface area contributed by atoms with Gasteiger partial charge in [0, 0.05) is 38.0 Å². The Morgan fingerprint density at radius 3 is 2.47 bits per heavy atom. The van der Waals surface area contributed by atoms with Crippen molar-refractivity contribution in [2.75, 3.05) is 13.1 Å². The zero-order chi connectivity index (χ0) is 44.2. The first-order chi connectivity index (χ1) is 29.8. The molecule has 1 aliphatic heterocycles. The van der Waals surface area contributed by atoms with Gasteiger partial charge < -0.3 is 31.1 Å². The molecule has 1 aromatic carbocycles. The van der Waals surface area contributed by atoms with Gasteiger partial charge in [0.15, 0.2) is 5.78 Å². The molecule has 1 aliphatic carbocycles. The third kappa shape index (κ3) is 12.0. The third-order valence-corrected chi connectivity index (χ3v) is 11.8. The van der Waals surface area contributed by atoms with E-state index in [1.807, 2.05) is 30.3 Å². The molecule has 0 radical (unpaired) electrons. The fourth-order valence-electron chi connectivity index (χ4n) is 8.53. The quantitative estimate of drug-likeness (QED) is 0.0547. The number of carbonyl (C=O) groups is 6. The molecular formula is C45H57N9O8. The maximum Gasteiger partial charge on any atom is 0.407 e. The van der Waals surface area contributed by atoms with Crippen molar-refractivity contribution in [2.24, 2.45) is 17.6 Å². The molecule has 1 saturated heterocycles. The first-order valence-electron chi connectivity index (χ1n) is 21.6. The Balaban J connectivity index is 1.18. The summed E-state index contributed by atoms with van der Waals surface area (Å²) in [5.41, 5.74) is 6.85. The lowest BCUT2D eigenvalue weighted by molar-refractivity contribution is -0.143. The van der Waals surface area contributed by atoms with Gasteiger partial charge in [-0.25, -0.2) is 14.5 Å². The molecule has 0 spiro atoms. The number of primary amides is 1. The number of carbonyl (C=O) groups excluding carboxylic acids is 6. The molecule has 1 saturated carbocycles. The second-order valence-electron chi connectivity index (χ2n) is 16.9. The Morgan fingerprint density at radius 1 is 0.952 bits per heavy atom. The number of ketones is 2. The Bertz CT molecular complexity index is 2200. The highest BCUT2D eigenvalue weighted by Gasteiger charge is 2.45. The van der Waals surface area contributed by atoms with Crippen molar-refractivity contribution in [2.45, 2.75) is 121 Å². The number of rotatable bonds is 20. The van der Waals surface area contributed by atoms with Crippen molar-refractivity contribution in [1.29, 1.82) is 0 Å². The van der Waals surface area contributed by atoms with E-state index in [-0.39, 0.29) is 68.7 Å². The summed E-state index contributed by atoms with van der Waals surface area (Å²) in [6, 6.07) is 13.2. The topological polar surface area (TPSA) is 242 Å². The van der Waals surface area contributed by atoms with Crippen LogP contribution in [0.2, 0.25) is 0 Å². The van der Waals surface area contributed by atoms with Gasteiger partial charge >= 0.3 is 6.09 Å². The maximum atomic E-state index is 14.9. The summed E-state index contributed by atoms with van der Waals surface area (Å²) in [6.07, 6.45) is 9.26. The number of hydrogen-bond acceptors (Lipinski definition) is 12. The second kappa shape index (κ2) is 21.1. The normalized spacial score (nSPS) is 17.9. The number of alkyl carbamates (subject to hydrolysis) is 1. The number of nitrogens with zero attached hydrogens (tertiary/aromatic N) is 6. The number of ether oxygens (including phenoxy) is 1. The van der Waals surface area contributed by atoms with Gasteiger partial charge in [-0.1, -0.05) is 67.6 Å². The standard InChI is InChI=1S/C45H57N9O8/c1-45(2,61)39-26-49-52-54(39)32-25-37(42(58)51-36(40(56)41(46)57)16-9-10-22-48-44(60)62-28-30-14-7-4-8-15-30)53(27-32)43(59)31(24-29-12-5-3-6-13-29)18-21-38(55)35-20-19-33-34(50-35)17-11-23-47-33/h4,7-8,11,14-15,17,19-20,23,26,29,31-32,36-37,61H,3,5-6,9-10,12-13,16,18,21-22,24-25,27-28H2,1-2H3,(H2,46,57)(H,48,60)(H,51,58)/t31-,32+,36?,37+/m1/s1. The average Bonchev–Trinajstić information content (AvgIpc) is 3.96. The van der Waals surface area contributed by atoms with Crippen LogP contribution in [0.4, 0.5) is 4.79 Å². The first kappa shape index (κ1) is 45.4. The van der Waals surface area contributed by atoms with E-state index in [1.54, 1.807) is 44.3 Å². The van der Waals surface area contributed by atoms with E-state index in [1.165, 1.54) is 15.8 Å². The Kier molecular flexibility index (Phi) is 15.5. The predicted molar refractivity (Wildman–Crippen MR) is 227 cm³/mol. The minimum absolute atomic E-state index is 0.0373. The Hall–Kier alpha value is -6.10. The highest BCUT2D eigenvalue weighted by molar-refractivity contribution is 6.37. The van der Waals surface area contributed by atoms with E-state index in [0.717, 1.165) is 37.7 Å². The van der Waals surface area contributed by atoms with Crippen molar-refractivity contribution < 1.29 is 38.6 Å². The molecule has 5 N–H and O–H groups in total. The molecule has 6 rings (SSSR count). The highest BCUT2D eigenvalue weighted by Crippen LogP contribution is 2.36. The van der Waals surface area contributed by atoms with E-state index < -0.39 is 53.3 Å². The predicted octanol–water partition coefficient (Wildman–Crippen LogP) is 4.48. The number of aromatic nitrogens is 5. The van der Waals surface area contributed by atoms with Crippen LogP contribution in [0, 0.1) is 11.8 Å². The number of Topliss-reactive ketones (excluding diaryl/α,β-unsaturated/α-hetero) is 2. The molecular weight excluding hydrogens is 795 g/mol. The van der Waals surface area contributed by atoms with Crippen molar-refractivity contribution >= 4 is 46.4 Å². The molecule has 2 aliphatic rings. The van der Waals surface area contributed by atoms with Gasteiger partial charge in [-0.05, 0) is 81.7 Å². The monoisotopic (exact) mass is 851 g/mol. The van der Waals surface area contributed by atoms with Crippen LogP contribution in [-0.2, 0) is 36.1 Å². The molecule has 17 heteroatoms. The Labute approximate surface area is 360 Å². The number of unbranched alkanes of at least 4 members (excludes halogenated alkanes) is 1. The van der Waals surface area contributed by atoms with Crippen LogP contribution in [0.1, 0.15) is 119 Å². The number of likely N-dealkylation sites (tertiary alicyclic amines) is 1. The van der Waals surface area contributed by atoms with Crippen molar-refractivity contribution in [3.05, 3.63) is 83.9 Å². The van der Waals surface area contributed by atoms with Crippen LogP contribution in [0.5, 0.6) is 0 Å². The summed E-state index contributed by atoms with van der Waals surface area (Å²) in [6.45, 7) is 3.53. The van der Waals surface area contributed by atoms with Crippen LogP contribution in [0.25, 0.3) is 11.0 Å². The average molecular weight is 852 g/mol. The molecule has 1 unspecified atom stereocenters. The fourth-order valence-corrected chi connectivity index (χ4v) is 8.53. The summed E-state index contributed by atoms with van der Waals surface area (Å²) in [5, 5.41) is 24.6. The smallest absolute Gasteiger partial charge is 0.407 e. The van der Waals surface area contributed by atoms with Crippen molar-refractivity contribution in [1.82, 2.24) is 40.5 Å². The minimum Gasteiger partial charge on any atom is -0.445 e. The number of nitrogens with one attached hydrogen (secondary N) is 2. The molecule has 3 aromatic heterocycles. The van der Waals surface area contributed by atoms with Crippen LogP contribution in [-0.4, -0.2) is 95.5 Å². The summed E-state index contributed by atoms with van der Waals surface area (Å²) in [4.78, 5) is 90.8. The van der Waals surface area contributed by atoms with E-state index >= 15 is 0 Å². The number of amides is 4. The van der Waals surface area contributed by atoms with Crippen molar-refractivity contribution in [3.63, 3.8) is 0 Å². The van der Waals surface area contributed by atoms with Crippen LogP contribution < -0.4 is 16.4 Å². The molecule has 0 bridgehead atoms. The summed E-state index contributed by atoms with van der Waals surface area (Å²) in [7, 11) is 0. The molecule has 62 heavy (non-hydrogen) atoms. The number of aliphatic hydroxyl groups is 1. The lowest BCUT2D eigenvalue weighted by Crippen LogP contribution is -2.53. The molecule has 4 atom stereocenters. The lowest BCUT2D eigenvalue weighted by Gasteiger charge is -2.32. The van der Waals surface area contributed by atoms with Crippen LogP contribution >= 0.6 is 0 Å².